The summed E-state index contributed by atoms with van der Waals surface area (Å²) in [4.78, 5) is 16.8. The number of primary sulfonamides is 1. The number of hydrogen-bond donors (Lipinski definition) is 4. The van der Waals surface area contributed by atoms with Crippen molar-refractivity contribution >= 4 is 53.9 Å². The van der Waals surface area contributed by atoms with Gasteiger partial charge in [-0.1, -0.05) is 0 Å². The van der Waals surface area contributed by atoms with Crippen LogP contribution >= 0.6 is 11.3 Å². The molecule has 5 N–H and O–H groups in total. The summed E-state index contributed by atoms with van der Waals surface area (Å²) in [7, 11) is -6.18. The molecule has 0 aliphatic rings. The molecule has 0 bridgehead atoms. The van der Waals surface area contributed by atoms with Crippen LogP contribution in [0, 0.1) is 0 Å². The van der Waals surface area contributed by atoms with E-state index in [0.29, 0.717) is 34.1 Å². The first-order valence-corrected chi connectivity index (χ1v) is 15.9. The van der Waals surface area contributed by atoms with Gasteiger partial charge in [-0.2, -0.15) is 5.10 Å². The quantitative estimate of drug-likeness (QED) is 0.188. The van der Waals surface area contributed by atoms with Crippen molar-refractivity contribution in [2.45, 2.75) is 9.79 Å². The summed E-state index contributed by atoms with van der Waals surface area (Å²) in [5.41, 5.74) is 2.40. The van der Waals surface area contributed by atoms with Gasteiger partial charge in [0.05, 0.1) is 40.2 Å². The number of hydrogen-bond acceptors (Lipinski definition) is 9. The van der Waals surface area contributed by atoms with Gasteiger partial charge in [0.2, 0.25) is 10.0 Å². The molecule has 0 atom stereocenters. The van der Waals surface area contributed by atoms with Crippen LogP contribution in [0.25, 0.3) is 16.9 Å². The number of nitrogens with one attached hydrogen (secondary N) is 3. The molecule has 42 heavy (non-hydrogen) atoms. The number of anilines is 3. The molecule has 0 fully saturated rings. The minimum absolute atomic E-state index is 0.000167. The third-order valence-electron chi connectivity index (χ3n) is 5.87. The lowest BCUT2D eigenvalue weighted by molar-refractivity contribution is 0.262. The molecule has 5 aromatic rings. The Bertz CT molecular complexity index is 1920. The fraction of sp³-hybridized carbons (Fsp3) is 0.0385. The van der Waals surface area contributed by atoms with Gasteiger partial charge in [0.25, 0.3) is 10.0 Å². The number of carbonyl (C=O) groups is 1. The smallest absolute Gasteiger partial charge is 0.323 e. The average Bonchev–Trinajstić information content (AvgIpc) is 3.62. The zero-order valence-electron chi connectivity index (χ0n) is 21.8. The van der Waals surface area contributed by atoms with Crippen molar-refractivity contribution in [2.75, 3.05) is 22.5 Å². The van der Waals surface area contributed by atoms with Gasteiger partial charge in [-0.05, 0) is 72.8 Å². The summed E-state index contributed by atoms with van der Waals surface area (Å²) in [6.45, 7) is 0. The predicted molar refractivity (Wildman–Crippen MR) is 159 cm³/mol. The normalized spacial score (nSPS) is 11.6. The van der Waals surface area contributed by atoms with Crippen LogP contribution in [0.3, 0.4) is 0 Å². The van der Waals surface area contributed by atoms with Crippen LogP contribution in [0.15, 0.2) is 100 Å². The van der Waals surface area contributed by atoms with Crippen LogP contribution in [0.2, 0.25) is 0 Å². The van der Waals surface area contributed by atoms with E-state index in [-0.39, 0.29) is 14.9 Å². The molecular formula is C26H23N7O6S3. The Balaban J connectivity index is 1.39. The van der Waals surface area contributed by atoms with Gasteiger partial charge in [0.15, 0.2) is 5.13 Å². The molecule has 0 saturated carbocycles. The van der Waals surface area contributed by atoms with Gasteiger partial charge in [0.1, 0.15) is 5.75 Å². The topological polar surface area (TPSA) is 187 Å². The zero-order valence-corrected chi connectivity index (χ0v) is 24.2. The summed E-state index contributed by atoms with van der Waals surface area (Å²) in [5.74, 6) is 0.627. The number of nitrogens with two attached hydrogens (primary N) is 1. The molecule has 2 aromatic heterocycles. The highest BCUT2D eigenvalue weighted by atomic mass is 32.2. The second kappa shape index (κ2) is 11.6. The van der Waals surface area contributed by atoms with Gasteiger partial charge in [0, 0.05) is 22.8 Å². The standard InChI is InChI=1S/C26H23N7O6S3/c1-39-20-8-2-17(3-9-20)24-23(16-29-33(24)19-6-12-21(13-7-19)41(27,35)36)31-25(34)30-18-4-10-22(11-5-18)42(37,38)32-26-28-14-15-40-26/h2-16H,1H3,(H,28,32)(H2,27,35,36)(H2,30,31,34). The van der Waals surface area contributed by atoms with Crippen LogP contribution in [0.4, 0.5) is 21.3 Å². The molecule has 13 nitrogen and oxygen atoms in total. The molecule has 0 aliphatic carbocycles. The number of ether oxygens (including phenoxy) is 1. The molecule has 216 valence electrons. The maximum atomic E-state index is 13.0. The van der Waals surface area contributed by atoms with Gasteiger partial charge >= 0.3 is 6.03 Å². The third-order valence-corrected chi connectivity index (χ3v) is 8.97. The molecule has 5 rings (SSSR count). The van der Waals surface area contributed by atoms with Crippen molar-refractivity contribution in [3.8, 4) is 22.7 Å². The van der Waals surface area contributed by atoms with Crippen LogP contribution < -0.4 is 25.2 Å². The Labute approximate surface area is 245 Å². The fourth-order valence-electron chi connectivity index (χ4n) is 3.89. The number of benzene rings is 3. The molecule has 0 unspecified atom stereocenters. The summed E-state index contributed by atoms with van der Waals surface area (Å²) in [6, 6.07) is 17.9. The van der Waals surface area contributed by atoms with Crippen molar-refractivity contribution in [2.24, 2.45) is 5.14 Å². The van der Waals surface area contributed by atoms with Crippen LogP contribution in [0.5, 0.6) is 5.75 Å². The van der Waals surface area contributed by atoms with E-state index in [1.165, 1.54) is 48.8 Å². The van der Waals surface area contributed by atoms with E-state index in [1.807, 2.05) is 0 Å². The number of carbonyl (C=O) groups excluding carboxylic acids is 1. The molecular weight excluding hydrogens is 603 g/mol. The highest BCUT2D eigenvalue weighted by molar-refractivity contribution is 7.93. The van der Waals surface area contributed by atoms with Crippen molar-refractivity contribution in [1.82, 2.24) is 14.8 Å². The molecule has 0 saturated heterocycles. The SMILES string of the molecule is COc1ccc(-c2c(NC(=O)Nc3ccc(S(=O)(=O)Nc4nccs4)cc3)cnn2-c2ccc(S(N)(=O)=O)cc2)cc1. The Morgan fingerprint density at radius 3 is 2.17 bits per heavy atom. The van der Waals surface area contributed by atoms with E-state index in [2.05, 4.69) is 25.4 Å². The molecule has 2 heterocycles. The summed E-state index contributed by atoms with van der Waals surface area (Å²) >= 11 is 1.15. The van der Waals surface area contributed by atoms with Crippen molar-refractivity contribution < 1.29 is 26.4 Å². The largest absolute Gasteiger partial charge is 0.497 e. The number of thiazole rings is 1. The number of urea groups is 1. The summed E-state index contributed by atoms with van der Waals surface area (Å²) in [6.07, 6.45) is 2.94. The zero-order chi connectivity index (χ0) is 29.9. The number of amides is 2. The second-order valence-corrected chi connectivity index (χ2v) is 12.8. The fourth-order valence-corrected chi connectivity index (χ4v) is 6.19. The number of aromatic nitrogens is 3. The lowest BCUT2D eigenvalue weighted by Crippen LogP contribution is -2.20. The van der Waals surface area contributed by atoms with Gasteiger partial charge in [-0.15, -0.1) is 11.3 Å². The lowest BCUT2D eigenvalue weighted by atomic mass is 10.1. The van der Waals surface area contributed by atoms with Gasteiger partial charge in [-0.25, -0.2) is 36.4 Å². The Morgan fingerprint density at radius 1 is 0.905 bits per heavy atom. The van der Waals surface area contributed by atoms with Gasteiger partial charge < -0.3 is 15.4 Å². The number of rotatable bonds is 9. The molecule has 16 heteroatoms. The van der Waals surface area contributed by atoms with Crippen molar-refractivity contribution in [3.63, 3.8) is 0 Å². The monoisotopic (exact) mass is 625 g/mol. The van der Waals surface area contributed by atoms with E-state index in [9.17, 15) is 21.6 Å². The maximum absolute atomic E-state index is 13.0. The molecule has 2 amide bonds. The molecule has 0 radical (unpaired) electrons. The van der Waals surface area contributed by atoms with Crippen LogP contribution in [-0.4, -0.2) is 44.7 Å². The van der Waals surface area contributed by atoms with E-state index in [0.717, 1.165) is 11.3 Å². The first-order valence-electron chi connectivity index (χ1n) is 12.0. The van der Waals surface area contributed by atoms with Crippen LogP contribution in [-0.2, 0) is 20.0 Å². The van der Waals surface area contributed by atoms with E-state index < -0.39 is 26.1 Å². The maximum Gasteiger partial charge on any atom is 0.323 e. The predicted octanol–water partition coefficient (Wildman–Crippen LogP) is 4.10. The lowest BCUT2D eigenvalue weighted by Gasteiger charge is -2.13. The van der Waals surface area contributed by atoms with Gasteiger partial charge in [-0.3, -0.25) is 4.72 Å². The minimum atomic E-state index is -3.88. The number of sulfonamides is 2. The summed E-state index contributed by atoms with van der Waals surface area (Å²) < 4.78 is 57.7. The van der Waals surface area contributed by atoms with Crippen molar-refractivity contribution in [1.29, 1.82) is 0 Å². The van der Waals surface area contributed by atoms with E-state index >= 15 is 0 Å². The average molecular weight is 626 g/mol. The Morgan fingerprint density at radius 2 is 1.57 bits per heavy atom. The van der Waals surface area contributed by atoms with E-state index in [1.54, 1.807) is 53.6 Å². The first-order chi connectivity index (χ1) is 20.0. The first kappa shape index (κ1) is 28.7. The summed E-state index contributed by atoms with van der Waals surface area (Å²) in [5, 5.41) is 17.0. The number of methoxy groups -OCH3 is 1. The van der Waals surface area contributed by atoms with E-state index in [4.69, 9.17) is 9.88 Å². The third kappa shape index (κ3) is 6.41. The van der Waals surface area contributed by atoms with Crippen LogP contribution in [0.1, 0.15) is 0 Å². The second-order valence-electron chi connectivity index (χ2n) is 8.63. The highest BCUT2D eigenvalue weighted by Gasteiger charge is 2.19. The highest BCUT2D eigenvalue weighted by Crippen LogP contribution is 2.32. The number of nitrogens with zero attached hydrogens (tertiary/aromatic N) is 3. The molecule has 0 spiro atoms. The minimum Gasteiger partial charge on any atom is -0.497 e. The molecule has 3 aromatic carbocycles. The molecule has 0 aliphatic heterocycles. The van der Waals surface area contributed by atoms with Crippen molar-refractivity contribution in [3.05, 3.63) is 90.6 Å². The Kier molecular flexibility index (Phi) is 7.95. The Hall–Kier alpha value is -4.77.